The first-order valence-corrected chi connectivity index (χ1v) is 7.24. The van der Waals surface area contributed by atoms with Crippen molar-refractivity contribution in [1.82, 2.24) is 0 Å². The summed E-state index contributed by atoms with van der Waals surface area (Å²) in [5.74, 6) is 0.692. The van der Waals surface area contributed by atoms with Crippen LogP contribution >= 0.6 is 0 Å². The second kappa shape index (κ2) is 7.90. The number of benzene rings is 1. The van der Waals surface area contributed by atoms with Crippen molar-refractivity contribution >= 4 is 11.6 Å². The standard InChI is InChI=1S/C16H25NO3/c1-5-12-19-14-10-8-13(9-11-14)17-15(18)16(4,6-2)20-7-3/h8-11H,5-7,12H2,1-4H3,(H,17,18)/t16-/m1/s1. The summed E-state index contributed by atoms with van der Waals surface area (Å²) in [7, 11) is 0. The Labute approximate surface area is 121 Å². The Bertz CT molecular complexity index is 416. The minimum atomic E-state index is -0.786. The van der Waals surface area contributed by atoms with Crippen molar-refractivity contribution in [3.8, 4) is 5.75 Å². The molecule has 0 saturated carbocycles. The maximum absolute atomic E-state index is 12.2. The highest BCUT2D eigenvalue weighted by molar-refractivity contribution is 5.97. The SMILES string of the molecule is CCCOc1ccc(NC(=O)[C@@](C)(CC)OCC)cc1. The third kappa shape index (κ3) is 4.53. The van der Waals surface area contributed by atoms with Crippen LogP contribution in [0.15, 0.2) is 24.3 Å². The van der Waals surface area contributed by atoms with Gasteiger partial charge in [0.1, 0.15) is 11.4 Å². The molecule has 1 N–H and O–H groups in total. The lowest BCUT2D eigenvalue weighted by molar-refractivity contribution is -0.139. The minimum absolute atomic E-state index is 0.121. The van der Waals surface area contributed by atoms with Crippen molar-refractivity contribution in [2.75, 3.05) is 18.5 Å². The summed E-state index contributed by atoms with van der Waals surface area (Å²) < 4.78 is 11.1. The second-order valence-corrected chi connectivity index (χ2v) is 4.84. The van der Waals surface area contributed by atoms with Gasteiger partial charge >= 0.3 is 0 Å². The highest BCUT2D eigenvalue weighted by Crippen LogP contribution is 2.20. The second-order valence-electron chi connectivity index (χ2n) is 4.84. The molecule has 20 heavy (non-hydrogen) atoms. The van der Waals surface area contributed by atoms with E-state index in [9.17, 15) is 4.79 Å². The number of carbonyl (C=O) groups is 1. The lowest BCUT2D eigenvalue weighted by Gasteiger charge is -2.26. The molecule has 0 unspecified atom stereocenters. The molecule has 1 rings (SSSR count). The van der Waals surface area contributed by atoms with Crippen molar-refractivity contribution in [3.63, 3.8) is 0 Å². The topological polar surface area (TPSA) is 47.6 Å². The first-order valence-electron chi connectivity index (χ1n) is 7.24. The van der Waals surface area contributed by atoms with Crippen molar-refractivity contribution in [2.45, 2.75) is 46.1 Å². The zero-order valence-corrected chi connectivity index (χ0v) is 12.9. The number of rotatable bonds is 8. The fourth-order valence-corrected chi connectivity index (χ4v) is 1.76. The van der Waals surface area contributed by atoms with Gasteiger partial charge in [-0.15, -0.1) is 0 Å². The molecule has 1 amide bonds. The molecule has 0 heterocycles. The van der Waals surface area contributed by atoms with Crippen molar-refractivity contribution < 1.29 is 14.3 Å². The van der Waals surface area contributed by atoms with Crippen LogP contribution in [0, 0.1) is 0 Å². The number of anilines is 1. The van der Waals surface area contributed by atoms with E-state index in [0.717, 1.165) is 17.9 Å². The summed E-state index contributed by atoms with van der Waals surface area (Å²) in [4.78, 5) is 12.2. The maximum atomic E-state index is 12.2. The van der Waals surface area contributed by atoms with Crippen LogP contribution < -0.4 is 10.1 Å². The van der Waals surface area contributed by atoms with Gasteiger partial charge in [-0.3, -0.25) is 4.79 Å². The van der Waals surface area contributed by atoms with Crippen LogP contribution in [0.5, 0.6) is 5.75 Å². The lowest BCUT2D eigenvalue weighted by Crippen LogP contribution is -2.42. The molecule has 1 aromatic rings. The lowest BCUT2D eigenvalue weighted by atomic mass is 10.0. The Kier molecular flexibility index (Phi) is 6.52. The molecule has 0 aromatic heterocycles. The average molecular weight is 279 g/mol. The van der Waals surface area contributed by atoms with Gasteiger partial charge in [0.05, 0.1) is 6.61 Å². The fraction of sp³-hybridized carbons (Fsp3) is 0.562. The van der Waals surface area contributed by atoms with E-state index in [4.69, 9.17) is 9.47 Å². The Morgan fingerprint density at radius 1 is 1.20 bits per heavy atom. The van der Waals surface area contributed by atoms with E-state index in [1.54, 1.807) is 0 Å². The van der Waals surface area contributed by atoms with Crippen LogP contribution in [0.1, 0.15) is 40.5 Å². The van der Waals surface area contributed by atoms with E-state index in [-0.39, 0.29) is 5.91 Å². The minimum Gasteiger partial charge on any atom is -0.494 e. The first-order chi connectivity index (χ1) is 9.55. The molecule has 0 bridgehead atoms. The molecule has 4 nitrogen and oxygen atoms in total. The zero-order chi connectivity index (χ0) is 15.0. The molecule has 1 aromatic carbocycles. The smallest absolute Gasteiger partial charge is 0.256 e. The van der Waals surface area contributed by atoms with E-state index >= 15 is 0 Å². The third-order valence-corrected chi connectivity index (χ3v) is 3.20. The molecule has 112 valence electrons. The predicted molar refractivity (Wildman–Crippen MR) is 81.2 cm³/mol. The maximum Gasteiger partial charge on any atom is 0.256 e. The molecule has 1 atom stereocenters. The first kappa shape index (κ1) is 16.5. The normalized spacial score (nSPS) is 13.6. The number of nitrogens with one attached hydrogen (secondary N) is 1. The molecular weight excluding hydrogens is 254 g/mol. The number of hydrogen-bond acceptors (Lipinski definition) is 3. The summed E-state index contributed by atoms with van der Waals surface area (Å²) in [6.45, 7) is 8.92. The summed E-state index contributed by atoms with van der Waals surface area (Å²) >= 11 is 0. The quantitative estimate of drug-likeness (QED) is 0.790. The number of hydrogen-bond donors (Lipinski definition) is 1. The van der Waals surface area contributed by atoms with Gasteiger partial charge in [0.15, 0.2) is 0 Å². The molecule has 0 saturated heterocycles. The predicted octanol–water partition coefficient (Wildman–Crippen LogP) is 3.62. The Morgan fingerprint density at radius 2 is 1.85 bits per heavy atom. The summed E-state index contributed by atoms with van der Waals surface area (Å²) in [6.07, 6.45) is 1.60. The van der Waals surface area contributed by atoms with Crippen LogP contribution in [0.3, 0.4) is 0 Å². The average Bonchev–Trinajstić information content (AvgIpc) is 2.46. The Hall–Kier alpha value is -1.55. The zero-order valence-electron chi connectivity index (χ0n) is 12.9. The van der Waals surface area contributed by atoms with Crippen LogP contribution in [-0.4, -0.2) is 24.7 Å². The van der Waals surface area contributed by atoms with Crippen molar-refractivity contribution in [1.29, 1.82) is 0 Å². The molecule has 0 aliphatic rings. The molecular formula is C16H25NO3. The van der Waals surface area contributed by atoms with Gasteiger partial charge in [-0.25, -0.2) is 0 Å². The highest BCUT2D eigenvalue weighted by atomic mass is 16.5. The monoisotopic (exact) mass is 279 g/mol. The molecule has 4 heteroatoms. The van der Waals surface area contributed by atoms with E-state index in [0.29, 0.717) is 19.6 Å². The fourth-order valence-electron chi connectivity index (χ4n) is 1.76. The third-order valence-electron chi connectivity index (χ3n) is 3.20. The van der Waals surface area contributed by atoms with Crippen LogP contribution in [0.25, 0.3) is 0 Å². The summed E-state index contributed by atoms with van der Waals surface area (Å²) in [6, 6.07) is 7.39. The van der Waals surface area contributed by atoms with Crippen LogP contribution in [-0.2, 0) is 9.53 Å². The van der Waals surface area contributed by atoms with Crippen molar-refractivity contribution in [3.05, 3.63) is 24.3 Å². The molecule has 0 fully saturated rings. The van der Waals surface area contributed by atoms with Gasteiger partial charge in [0.25, 0.3) is 5.91 Å². The van der Waals surface area contributed by atoms with Gasteiger partial charge in [-0.2, -0.15) is 0 Å². The van der Waals surface area contributed by atoms with Crippen LogP contribution in [0.2, 0.25) is 0 Å². The highest BCUT2D eigenvalue weighted by Gasteiger charge is 2.31. The Balaban J connectivity index is 2.65. The molecule has 0 spiro atoms. The molecule has 0 aliphatic heterocycles. The largest absolute Gasteiger partial charge is 0.494 e. The van der Waals surface area contributed by atoms with Crippen LogP contribution in [0.4, 0.5) is 5.69 Å². The number of carbonyl (C=O) groups excluding carboxylic acids is 1. The van der Waals surface area contributed by atoms with E-state index in [1.165, 1.54) is 0 Å². The van der Waals surface area contributed by atoms with Gasteiger partial charge < -0.3 is 14.8 Å². The van der Waals surface area contributed by atoms with E-state index < -0.39 is 5.60 Å². The van der Waals surface area contributed by atoms with Gasteiger partial charge in [-0.05, 0) is 51.0 Å². The number of amides is 1. The van der Waals surface area contributed by atoms with Crippen molar-refractivity contribution in [2.24, 2.45) is 0 Å². The number of ether oxygens (including phenoxy) is 2. The van der Waals surface area contributed by atoms with E-state index in [1.807, 2.05) is 45.0 Å². The summed E-state index contributed by atoms with van der Waals surface area (Å²) in [5.41, 5.74) is -0.0372. The van der Waals surface area contributed by atoms with Gasteiger partial charge in [0, 0.05) is 12.3 Å². The molecule has 0 radical (unpaired) electrons. The van der Waals surface area contributed by atoms with Gasteiger partial charge in [0.2, 0.25) is 0 Å². The summed E-state index contributed by atoms with van der Waals surface area (Å²) in [5, 5.41) is 2.88. The van der Waals surface area contributed by atoms with Gasteiger partial charge in [-0.1, -0.05) is 13.8 Å². The Morgan fingerprint density at radius 3 is 2.35 bits per heavy atom. The molecule has 0 aliphatic carbocycles. The van der Waals surface area contributed by atoms with E-state index in [2.05, 4.69) is 12.2 Å².